The van der Waals surface area contributed by atoms with Gasteiger partial charge >= 0.3 is 5.97 Å². The molecule has 0 unspecified atom stereocenters. The standard InChI is InChI=1S/C14H18N4O3/c1-3-5-6-15-12-10(14(19)20)7-9-11(17-12)8-16-18-13(9)21-4-2/h7-8H,3-6H2,1-2H3,(H,15,17)(H,19,20). The Morgan fingerprint density at radius 3 is 2.90 bits per heavy atom. The van der Waals surface area contributed by atoms with Gasteiger partial charge in [0.05, 0.1) is 23.7 Å². The summed E-state index contributed by atoms with van der Waals surface area (Å²) in [5, 5.41) is 20.7. The molecule has 0 spiro atoms. The lowest BCUT2D eigenvalue weighted by Gasteiger charge is -2.11. The smallest absolute Gasteiger partial charge is 0.339 e. The van der Waals surface area contributed by atoms with Crippen molar-refractivity contribution in [1.29, 1.82) is 0 Å². The minimum Gasteiger partial charge on any atom is -0.478 e. The zero-order valence-electron chi connectivity index (χ0n) is 12.1. The van der Waals surface area contributed by atoms with E-state index in [-0.39, 0.29) is 5.56 Å². The maximum atomic E-state index is 11.4. The molecule has 112 valence electrons. The number of nitrogens with zero attached hydrogens (tertiary/aromatic N) is 3. The predicted molar refractivity (Wildman–Crippen MR) is 78.9 cm³/mol. The Morgan fingerprint density at radius 1 is 1.43 bits per heavy atom. The fraction of sp³-hybridized carbons (Fsp3) is 0.429. The normalized spacial score (nSPS) is 10.6. The van der Waals surface area contributed by atoms with Crippen LogP contribution in [0.25, 0.3) is 10.9 Å². The van der Waals surface area contributed by atoms with Crippen molar-refractivity contribution >= 4 is 22.7 Å². The largest absolute Gasteiger partial charge is 0.478 e. The number of hydrogen-bond donors (Lipinski definition) is 2. The lowest BCUT2D eigenvalue weighted by Crippen LogP contribution is -2.10. The Labute approximate surface area is 122 Å². The van der Waals surface area contributed by atoms with Crippen LogP contribution in [0.1, 0.15) is 37.0 Å². The molecule has 0 radical (unpaired) electrons. The number of pyridine rings is 1. The number of carboxylic acids is 1. The number of carboxylic acid groups (broad SMARTS) is 1. The van der Waals surface area contributed by atoms with Crippen molar-refractivity contribution in [2.75, 3.05) is 18.5 Å². The molecule has 2 aromatic rings. The van der Waals surface area contributed by atoms with Gasteiger partial charge in [-0.15, -0.1) is 5.10 Å². The molecule has 21 heavy (non-hydrogen) atoms. The van der Waals surface area contributed by atoms with E-state index in [1.165, 1.54) is 12.3 Å². The van der Waals surface area contributed by atoms with Crippen molar-refractivity contribution in [3.05, 3.63) is 17.8 Å². The van der Waals surface area contributed by atoms with Crippen molar-refractivity contribution in [1.82, 2.24) is 15.2 Å². The van der Waals surface area contributed by atoms with E-state index in [0.29, 0.717) is 35.8 Å². The Kier molecular flexibility index (Phi) is 4.86. The summed E-state index contributed by atoms with van der Waals surface area (Å²) in [6, 6.07) is 1.53. The molecule has 0 fully saturated rings. The highest BCUT2D eigenvalue weighted by atomic mass is 16.5. The molecule has 0 atom stereocenters. The monoisotopic (exact) mass is 290 g/mol. The maximum absolute atomic E-state index is 11.4. The predicted octanol–water partition coefficient (Wildman–Crippen LogP) is 2.33. The summed E-state index contributed by atoms with van der Waals surface area (Å²) in [5.41, 5.74) is 0.657. The zero-order chi connectivity index (χ0) is 15.2. The Hall–Kier alpha value is -2.44. The highest BCUT2D eigenvalue weighted by Crippen LogP contribution is 2.25. The Morgan fingerprint density at radius 2 is 2.24 bits per heavy atom. The molecule has 0 aliphatic heterocycles. The molecule has 2 N–H and O–H groups in total. The number of aromatic carboxylic acids is 1. The summed E-state index contributed by atoms with van der Waals surface area (Å²) in [6.07, 6.45) is 3.45. The minimum atomic E-state index is -1.04. The number of nitrogens with one attached hydrogen (secondary N) is 1. The Balaban J connectivity index is 2.49. The van der Waals surface area contributed by atoms with Crippen LogP contribution in [0.3, 0.4) is 0 Å². The van der Waals surface area contributed by atoms with Crippen molar-refractivity contribution in [2.45, 2.75) is 26.7 Å². The fourth-order valence-electron chi connectivity index (χ4n) is 1.91. The van der Waals surface area contributed by atoms with Crippen LogP contribution in [0.2, 0.25) is 0 Å². The molecule has 2 rings (SSSR count). The molecule has 7 heteroatoms. The first-order chi connectivity index (χ1) is 10.2. The van der Waals surface area contributed by atoms with Gasteiger partial charge in [-0.25, -0.2) is 9.78 Å². The van der Waals surface area contributed by atoms with Gasteiger partial charge in [-0.2, -0.15) is 5.10 Å². The number of ether oxygens (including phenoxy) is 1. The molecule has 0 aliphatic rings. The number of hydrogen-bond acceptors (Lipinski definition) is 6. The zero-order valence-corrected chi connectivity index (χ0v) is 12.1. The molecular formula is C14H18N4O3. The topological polar surface area (TPSA) is 97.2 Å². The average Bonchev–Trinajstić information content (AvgIpc) is 2.47. The van der Waals surface area contributed by atoms with Gasteiger partial charge in [0.15, 0.2) is 0 Å². The van der Waals surface area contributed by atoms with Crippen LogP contribution in [0.4, 0.5) is 5.82 Å². The minimum absolute atomic E-state index is 0.104. The summed E-state index contributed by atoms with van der Waals surface area (Å²) in [5.74, 6) is -0.397. The summed E-state index contributed by atoms with van der Waals surface area (Å²) in [6.45, 7) is 4.99. The van der Waals surface area contributed by atoms with E-state index in [1.807, 2.05) is 6.92 Å². The van der Waals surface area contributed by atoms with Crippen molar-refractivity contribution < 1.29 is 14.6 Å². The molecule has 0 saturated carbocycles. The second kappa shape index (κ2) is 6.83. The molecule has 2 aromatic heterocycles. The maximum Gasteiger partial charge on any atom is 0.339 e. The van der Waals surface area contributed by atoms with Gasteiger partial charge in [-0.3, -0.25) is 0 Å². The van der Waals surface area contributed by atoms with Gasteiger partial charge in [-0.05, 0) is 19.4 Å². The molecule has 0 aromatic carbocycles. The van der Waals surface area contributed by atoms with E-state index in [9.17, 15) is 9.90 Å². The lowest BCUT2D eigenvalue weighted by molar-refractivity contribution is 0.0698. The van der Waals surface area contributed by atoms with Gasteiger partial charge in [-0.1, -0.05) is 13.3 Å². The van der Waals surface area contributed by atoms with Crippen LogP contribution in [0.5, 0.6) is 5.88 Å². The van der Waals surface area contributed by atoms with Crippen LogP contribution in [-0.4, -0.2) is 39.4 Å². The van der Waals surface area contributed by atoms with Gasteiger partial charge in [0.2, 0.25) is 5.88 Å². The van der Waals surface area contributed by atoms with Gasteiger partial charge in [0.25, 0.3) is 0 Å². The lowest BCUT2D eigenvalue weighted by atomic mass is 10.2. The van der Waals surface area contributed by atoms with Crippen molar-refractivity contribution in [2.24, 2.45) is 0 Å². The number of aromatic nitrogens is 3. The third-order valence-electron chi connectivity index (χ3n) is 2.95. The molecule has 0 saturated heterocycles. The Bertz CT molecular complexity index is 645. The highest BCUT2D eigenvalue weighted by molar-refractivity contribution is 5.99. The number of unbranched alkanes of at least 4 members (excludes halogenated alkanes) is 1. The summed E-state index contributed by atoms with van der Waals surface area (Å²) >= 11 is 0. The van der Waals surface area contributed by atoms with E-state index >= 15 is 0 Å². The number of fused-ring (bicyclic) bond motifs is 1. The van der Waals surface area contributed by atoms with E-state index in [0.717, 1.165) is 12.8 Å². The third-order valence-corrected chi connectivity index (χ3v) is 2.95. The molecule has 7 nitrogen and oxygen atoms in total. The summed E-state index contributed by atoms with van der Waals surface area (Å²) in [7, 11) is 0. The number of carbonyl (C=O) groups is 1. The second-order valence-electron chi connectivity index (χ2n) is 4.49. The van der Waals surface area contributed by atoms with Gasteiger partial charge in [0.1, 0.15) is 11.4 Å². The van der Waals surface area contributed by atoms with E-state index in [4.69, 9.17) is 4.74 Å². The second-order valence-corrected chi connectivity index (χ2v) is 4.49. The van der Waals surface area contributed by atoms with Crippen molar-refractivity contribution in [3.8, 4) is 5.88 Å². The van der Waals surface area contributed by atoms with E-state index in [2.05, 4.69) is 27.4 Å². The van der Waals surface area contributed by atoms with Crippen LogP contribution >= 0.6 is 0 Å². The first kappa shape index (κ1) is 15.0. The van der Waals surface area contributed by atoms with Crippen molar-refractivity contribution in [3.63, 3.8) is 0 Å². The quantitative estimate of drug-likeness (QED) is 0.755. The molecular weight excluding hydrogens is 272 g/mol. The first-order valence-electron chi connectivity index (χ1n) is 6.93. The number of rotatable bonds is 7. The van der Waals surface area contributed by atoms with Crippen LogP contribution in [0.15, 0.2) is 12.3 Å². The van der Waals surface area contributed by atoms with E-state index < -0.39 is 5.97 Å². The molecule has 0 amide bonds. The average molecular weight is 290 g/mol. The van der Waals surface area contributed by atoms with Crippen LogP contribution in [0, 0.1) is 0 Å². The third kappa shape index (κ3) is 3.36. The SMILES string of the molecule is CCCCNc1nc2cnnc(OCC)c2cc1C(=O)O. The van der Waals surface area contributed by atoms with Gasteiger partial charge in [0, 0.05) is 6.54 Å². The highest BCUT2D eigenvalue weighted by Gasteiger charge is 2.16. The number of anilines is 1. The van der Waals surface area contributed by atoms with Crippen LogP contribution in [-0.2, 0) is 0 Å². The van der Waals surface area contributed by atoms with E-state index in [1.54, 1.807) is 0 Å². The summed E-state index contributed by atoms with van der Waals surface area (Å²) < 4.78 is 5.37. The molecule has 0 aliphatic carbocycles. The van der Waals surface area contributed by atoms with Gasteiger partial charge < -0.3 is 15.2 Å². The van der Waals surface area contributed by atoms with Crippen LogP contribution < -0.4 is 10.1 Å². The molecule has 2 heterocycles. The summed E-state index contributed by atoms with van der Waals surface area (Å²) in [4.78, 5) is 15.7. The fourth-order valence-corrected chi connectivity index (χ4v) is 1.91. The first-order valence-corrected chi connectivity index (χ1v) is 6.93. The molecule has 0 bridgehead atoms.